The molecule has 0 bridgehead atoms. The van der Waals surface area contributed by atoms with Gasteiger partial charge in [0.25, 0.3) is 0 Å². The summed E-state index contributed by atoms with van der Waals surface area (Å²) >= 11 is 0. The molecule has 2 aromatic carbocycles. The molecule has 6 nitrogen and oxygen atoms in total. The van der Waals surface area contributed by atoms with Crippen molar-refractivity contribution in [2.45, 2.75) is 26.0 Å². The molecule has 3 aromatic rings. The molecule has 1 amide bonds. The van der Waals surface area contributed by atoms with Crippen LogP contribution >= 0.6 is 0 Å². The van der Waals surface area contributed by atoms with Gasteiger partial charge in [0.05, 0.1) is 6.61 Å². The van der Waals surface area contributed by atoms with E-state index in [4.69, 9.17) is 9.47 Å². The molecule has 1 aromatic heterocycles. The average molecular weight is 366 g/mol. The number of fused-ring (bicyclic) bond motifs is 1. The predicted octanol–water partition coefficient (Wildman–Crippen LogP) is 3.57. The largest absolute Gasteiger partial charge is 0.464 e. The minimum Gasteiger partial charge on any atom is -0.464 e. The number of amides is 1. The van der Waals surface area contributed by atoms with Crippen molar-refractivity contribution in [2.24, 2.45) is 0 Å². The molecule has 3 rings (SSSR count). The number of carbonyl (C=O) groups excluding carboxylic acids is 2. The van der Waals surface area contributed by atoms with E-state index < -0.39 is 18.1 Å². The molecular weight excluding hydrogens is 344 g/mol. The lowest BCUT2D eigenvalue weighted by atomic mass is 10.1. The molecule has 0 saturated carbocycles. The maximum Gasteiger partial charge on any atom is 0.408 e. The van der Waals surface area contributed by atoms with Crippen molar-refractivity contribution in [3.63, 3.8) is 0 Å². The summed E-state index contributed by atoms with van der Waals surface area (Å²) in [6.45, 7) is 2.10. The first kappa shape index (κ1) is 18.5. The minimum atomic E-state index is -0.826. The zero-order chi connectivity index (χ0) is 19.1. The third kappa shape index (κ3) is 4.88. The van der Waals surface area contributed by atoms with Gasteiger partial charge in [0.15, 0.2) is 0 Å². The molecular formula is C21H22N2O4. The lowest BCUT2D eigenvalue weighted by molar-refractivity contribution is -0.145. The minimum absolute atomic E-state index is 0.134. The number of ether oxygens (including phenoxy) is 2. The Morgan fingerprint density at radius 3 is 2.56 bits per heavy atom. The van der Waals surface area contributed by atoms with Gasteiger partial charge in [0.1, 0.15) is 12.6 Å². The van der Waals surface area contributed by atoms with E-state index in [1.807, 2.05) is 60.8 Å². The highest BCUT2D eigenvalue weighted by Crippen LogP contribution is 2.19. The highest BCUT2D eigenvalue weighted by Gasteiger charge is 2.24. The van der Waals surface area contributed by atoms with Crippen LogP contribution in [0.5, 0.6) is 0 Å². The van der Waals surface area contributed by atoms with Gasteiger partial charge in [0.2, 0.25) is 0 Å². The summed E-state index contributed by atoms with van der Waals surface area (Å²) < 4.78 is 10.3. The normalized spacial score (nSPS) is 11.7. The molecule has 6 heteroatoms. The van der Waals surface area contributed by atoms with Crippen molar-refractivity contribution in [1.82, 2.24) is 10.3 Å². The van der Waals surface area contributed by atoms with Crippen LogP contribution in [0.3, 0.4) is 0 Å². The van der Waals surface area contributed by atoms with Crippen molar-refractivity contribution in [2.75, 3.05) is 6.61 Å². The fourth-order valence-electron chi connectivity index (χ4n) is 2.86. The number of aromatic nitrogens is 1. The van der Waals surface area contributed by atoms with Crippen LogP contribution in [-0.2, 0) is 27.3 Å². The molecule has 1 heterocycles. The van der Waals surface area contributed by atoms with Gasteiger partial charge in [-0.1, -0.05) is 48.5 Å². The van der Waals surface area contributed by atoms with Crippen molar-refractivity contribution in [3.8, 4) is 0 Å². The first-order valence-electron chi connectivity index (χ1n) is 8.86. The second kappa shape index (κ2) is 8.89. The van der Waals surface area contributed by atoms with Gasteiger partial charge >= 0.3 is 12.1 Å². The van der Waals surface area contributed by atoms with E-state index in [0.717, 1.165) is 22.0 Å². The van der Waals surface area contributed by atoms with Crippen LogP contribution < -0.4 is 5.32 Å². The van der Waals surface area contributed by atoms with Gasteiger partial charge < -0.3 is 19.8 Å². The number of rotatable bonds is 7. The van der Waals surface area contributed by atoms with Crippen molar-refractivity contribution < 1.29 is 19.1 Å². The van der Waals surface area contributed by atoms with Gasteiger partial charge in [-0.05, 0) is 24.1 Å². The fraction of sp³-hybridized carbons (Fsp3) is 0.238. The summed E-state index contributed by atoms with van der Waals surface area (Å²) in [7, 11) is 0. The van der Waals surface area contributed by atoms with Gasteiger partial charge in [-0.2, -0.15) is 0 Å². The zero-order valence-electron chi connectivity index (χ0n) is 15.1. The maximum absolute atomic E-state index is 12.3. The Morgan fingerprint density at radius 1 is 1.04 bits per heavy atom. The van der Waals surface area contributed by atoms with E-state index in [-0.39, 0.29) is 13.2 Å². The number of hydrogen-bond donors (Lipinski definition) is 2. The Kier molecular flexibility index (Phi) is 6.10. The third-order valence-corrected chi connectivity index (χ3v) is 4.17. The van der Waals surface area contributed by atoms with Crippen LogP contribution in [0, 0.1) is 0 Å². The lowest BCUT2D eigenvalue weighted by Gasteiger charge is -2.17. The SMILES string of the molecule is CCOC(=O)[C@@H](Cc1c[nH]c2ccccc12)NC(=O)OCc1ccccc1. The fourth-order valence-corrected chi connectivity index (χ4v) is 2.86. The van der Waals surface area contributed by atoms with Crippen LogP contribution in [0.15, 0.2) is 60.8 Å². The second-order valence-corrected chi connectivity index (χ2v) is 6.07. The molecule has 140 valence electrons. The zero-order valence-corrected chi connectivity index (χ0v) is 15.1. The molecule has 0 saturated heterocycles. The highest BCUT2D eigenvalue weighted by atomic mass is 16.6. The second-order valence-electron chi connectivity index (χ2n) is 6.07. The molecule has 0 aliphatic carbocycles. The third-order valence-electron chi connectivity index (χ3n) is 4.17. The van der Waals surface area contributed by atoms with E-state index in [2.05, 4.69) is 10.3 Å². The Balaban J connectivity index is 1.67. The molecule has 0 aliphatic rings. The Bertz CT molecular complexity index is 905. The summed E-state index contributed by atoms with van der Waals surface area (Å²) in [6, 6.07) is 16.3. The molecule has 2 N–H and O–H groups in total. The van der Waals surface area contributed by atoms with Crippen LogP contribution in [0.2, 0.25) is 0 Å². The highest BCUT2D eigenvalue weighted by molar-refractivity contribution is 5.86. The van der Waals surface area contributed by atoms with Crippen molar-refractivity contribution in [3.05, 3.63) is 71.9 Å². The summed E-state index contributed by atoms with van der Waals surface area (Å²) in [5, 5.41) is 3.63. The van der Waals surface area contributed by atoms with E-state index in [0.29, 0.717) is 6.42 Å². The number of esters is 1. The van der Waals surface area contributed by atoms with Crippen molar-refractivity contribution in [1.29, 1.82) is 0 Å². The van der Waals surface area contributed by atoms with Gasteiger partial charge in [-0.25, -0.2) is 9.59 Å². The van der Waals surface area contributed by atoms with Crippen LogP contribution in [0.1, 0.15) is 18.1 Å². The molecule has 0 radical (unpaired) electrons. The smallest absolute Gasteiger partial charge is 0.408 e. The Hall–Kier alpha value is -3.28. The van der Waals surface area contributed by atoms with Gasteiger partial charge in [-0.3, -0.25) is 0 Å². The predicted molar refractivity (Wildman–Crippen MR) is 102 cm³/mol. The standard InChI is InChI=1S/C21H22N2O4/c1-2-26-20(24)19(12-16-13-22-18-11-7-6-10-17(16)18)23-21(25)27-14-15-8-4-3-5-9-15/h3-11,13,19,22H,2,12,14H2,1H3,(H,23,25)/t19-/m1/s1. The average Bonchev–Trinajstić information content (AvgIpc) is 3.10. The monoisotopic (exact) mass is 366 g/mol. The van der Waals surface area contributed by atoms with Gasteiger partial charge in [-0.15, -0.1) is 0 Å². The number of benzene rings is 2. The number of alkyl carbamates (subject to hydrolysis) is 1. The first-order valence-corrected chi connectivity index (χ1v) is 8.86. The molecule has 0 unspecified atom stereocenters. The van der Waals surface area contributed by atoms with Crippen LogP contribution in [0.4, 0.5) is 4.79 Å². The Labute approximate surface area is 157 Å². The molecule has 1 atom stereocenters. The van der Waals surface area contributed by atoms with Crippen LogP contribution in [-0.4, -0.2) is 29.7 Å². The quantitative estimate of drug-likeness (QED) is 0.627. The number of carbonyl (C=O) groups is 2. The van der Waals surface area contributed by atoms with E-state index in [1.165, 1.54) is 0 Å². The number of hydrogen-bond acceptors (Lipinski definition) is 4. The Morgan fingerprint density at radius 2 is 1.78 bits per heavy atom. The number of H-pyrrole nitrogens is 1. The van der Waals surface area contributed by atoms with Crippen LogP contribution in [0.25, 0.3) is 10.9 Å². The summed E-state index contributed by atoms with van der Waals surface area (Å²) in [5.74, 6) is -0.487. The summed E-state index contributed by atoms with van der Waals surface area (Å²) in [4.78, 5) is 27.7. The van der Waals surface area contributed by atoms with E-state index in [1.54, 1.807) is 6.92 Å². The molecule has 27 heavy (non-hydrogen) atoms. The topological polar surface area (TPSA) is 80.4 Å². The molecule has 0 aliphatic heterocycles. The summed E-state index contributed by atoms with van der Waals surface area (Å²) in [5.41, 5.74) is 2.77. The van der Waals surface area contributed by atoms with Gasteiger partial charge in [0, 0.05) is 23.5 Å². The lowest BCUT2D eigenvalue weighted by Crippen LogP contribution is -2.43. The molecule has 0 spiro atoms. The number of para-hydroxylation sites is 1. The first-order chi connectivity index (χ1) is 13.2. The molecule has 0 fully saturated rings. The summed E-state index contributed by atoms with van der Waals surface area (Å²) in [6.07, 6.45) is 1.49. The van der Waals surface area contributed by atoms with E-state index >= 15 is 0 Å². The number of aromatic amines is 1. The number of nitrogens with one attached hydrogen (secondary N) is 2. The van der Waals surface area contributed by atoms with E-state index in [9.17, 15) is 9.59 Å². The maximum atomic E-state index is 12.3. The van der Waals surface area contributed by atoms with Crippen molar-refractivity contribution >= 4 is 23.0 Å².